The van der Waals surface area contributed by atoms with Crippen LogP contribution in [0.3, 0.4) is 0 Å². The summed E-state index contributed by atoms with van der Waals surface area (Å²) in [4.78, 5) is 11.2. The largest absolute Gasteiger partial charge is 0.375 e. The van der Waals surface area contributed by atoms with E-state index in [1.165, 1.54) is 14.0 Å². The number of allylic oxidation sites excluding steroid dienone is 6. The van der Waals surface area contributed by atoms with Gasteiger partial charge in [-0.2, -0.15) is 0 Å². The van der Waals surface area contributed by atoms with E-state index in [9.17, 15) is 9.18 Å². The smallest absolute Gasteiger partial charge is 0.220 e. The van der Waals surface area contributed by atoms with Gasteiger partial charge in [-0.3, -0.25) is 4.79 Å². The molecule has 0 aliphatic heterocycles. The van der Waals surface area contributed by atoms with Crippen molar-refractivity contribution in [2.75, 3.05) is 13.8 Å². The Bertz CT molecular complexity index is 678. The Morgan fingerprint density at radius 1 is 1.26 bits per heavy atom. The lowest BCUT2D eigenvalue weighted by molar-refractivity contribution is -0.118. The predicted molar refractivity (Wildman–Crippen MR) is 110 cm³/mol. The first-order valence-electron chi connectivity index (χ1n) is 9.20. The average Bonchev–Trinajstić information content (AvgIpc) is 2.65. The van der Waals surface area contributed by atoms with Crippen LogP contribution in [-0.2, 0) is 9.53 Å². The van der Waals surface area contributed by atoms with Gasteiger partial charge in [-0.1, -0.05) is 55.8 Å². The number of ether oxygens (including phenoxy) is 1. The van der Waals surface area contributed by atoms with Crippen LogP contribution >= 0.6 is 0 Å². The van der Waals surface area contributed by atoms with E-state index >= 15 is 0 Å². The maximum Gasteiger partial charge on any atom is 0.220 e. The van der Waals surface area contributed by atoms with Gasteiger partial charge in [0.15, 0.2) is 0 Å². The fraction of sp³-hybridized carbons (Fsp3) is 0.409. The number of amides is 1. The molecule has 0 saturated carbocycles. The van der Waals surface area contributed by atoms with Gasteiger partial charge < -0.3 is 15.8 Å². The third-order valence-corrected chi connectivity index (χ3v) is 4.03. The molecule has 0 radical (unpaired) electrons. The molecule has 0 aromatic heterocycles. The highest BCUT2D eigenvalue weighted by molar-refractivity contribution is 5.77. The first-order chi connectivity index (χ1) is 12.9. The van der Waals surface area contributed by atoms with Crippen LogP contribution in [0.25, 0.3) is 5.57 Å². The molecule has 0 bridgehead atoms. The number of halogens is 1. The van der Waals surface area contributed by atoms with Crippen molar-refractivity contribution in [3.8, 4) is 0 Å². The molecule has 0 aliphatic carbocycles. The number of carbonyl (C=O) groups is 1. The van der Waals surface area contributed by atoms with Crippen LogP contribution in [0.2, 0.25) is 0 Å². The summed E-state index contributed by atoms with van der Waals surface area (Å²) < 4.78 is 18.2. The molecule has 0 spiro atoms. The van der Waals surface area contributed by atoms with Crippen molar-refractivity contribution in [3.63, 3.8) is 0 Å². The number of benzene rings is 1. The minimum Gasteiger partial charge on any atom is -0.375 e. The normalized spacial score (nSPS) is 15.0. The second kappa shape index (κ2) is 12.2. The summed E-state index contributed by atoms with van der Waals surface area (Å²) >= 11 is 0. The minimum atomic E-state index is -0.691. The standard InChI is InChI=1S/C22H31FN2O2/c1-5-6-7-8-18(10-9-16(2)25-17(3)26)19-11-13-20(14-12-19)22(27-4)21(24)15-23/h7-14,21-22H,5-6,15,24H2,1-4H3,(H,25,26)/b8-7+,16-9+,18-10+. The van der Waals surface area contributed by atoms with E-state index in [-0.39, 0.29) is 5.91 Å². The highest BCUT2D eigenvalue weighted by Crippen LogP contribution is 2.24. The molecule has 3 N–H and O–H groups in total. The van der Waals surface area contributed by atoms with Gasteiger partial charge in [0.05, 0.1) is 12.1 Å². The van der Waals surface area contributed by atoms with E-state index in [1.54, 1.807) is 0 Å². The van der Waals surface area contributed by atoms with Gasteiger partial charge in [0.25, 0.3) is 0 Å². The summed E-state index contributed by atoms with van der Waals surface area (Å²) in [5.41, 5.74) is 9.44. The van der Waals surface area contributed by atoms with Crippen molar-refractivity contribution in [2.24, 2.45) is 5.73 Å². The minimum absolute atomic E-state index is 0.0978. The number of nitrogens with two attached hydrogens (primary N) is 1. The maximum absolute atomic E-state index is 12.9. The Hall–Kier alpha value is -2.24. The molecule has 0 saturated heterocycles. The molecule has 2 atom stereocenters. The van der Waals surface area contributed by atoms with E-state index in [1.807, 2.05) is 43.3 Å². The van der Waals surface area contributed by atoms with Gasteiger partial charge in [-0.15, -0.1) is 0 Å². The van der Waals surface area contributed by atoms with E-state index in [0.29, 0.717) is 0 Å². The van der Waals surface area contributed by atoms with Crippen molar-refractivity contribution in [3.05, 3.63) is 65.4 Å². The second-order valence-corrected chi connectivity index (χ2v) is 6.44. The first-order valence-corrected chi connectivity index (χ1v) is 9.20. The maximum atomic E-state index is 12.9. The van der Waals surface area contributed by atoms with Gasteiger partial charge in [-0.05, 0) is 36.1 Å². The quantitative estimate of drug-likeness (QED) is 0.595. The zero-order valence-electron chi connectivity index (χ0n) is 16.7. The third-order valence-electron chi connectivity index (χ3n) is 4.03. The Labute approximate surface area is 162 Å². The van der Waals surface area contributed by atoms with Gasteiger partial charge >= 0.3 is 0 Å². The van der Waals surface area contributed by atoms with Crippen LogP contribution in [0.4, 0.5) is 4.39 Å². The average molecular weight is 375 g/mol. The molecule has 2 unspecified atom stereocenters. The van der Waals surface area contributed by atoms with Crippen LogP contribution in [0.1, 0.15) is 50.8 Å². The zero-order valence-corrected chi connectivity index (χ0v) is 16.7. The Kier molecular flexibility index (Phi) is 10.3. The van der Waals surface area contributed by atoms with Crippen LogP contribution in [-0.4, -0.2) is 25.7 Å². The summed E-state index contributed by atoms with van der Waals surface area (Å²) in [6.07, 6.45) is 9.61. The topological polar surface area (TPSA) is 64.3 Å². The number of rotatable bonds is 10. The summed E-state index contributed by atoms with van der Waals surface area (Å²) in [5, 5.41) is 2.75. The molecule has 4 nitrogen and oxygen atoms in total. The van der Waals surface area contributed by atoms with Crippen LogP contribution in [0.5, 0.6) is 0 Å². The monoisotopic (exact) mass is 374 g/mol. The number of unbranched alkanes of at least 4 members (excludes halogenated alkanes) is 1. The van der Waals surface area contributed by atoms with E-state index in [4.69, 9.17) is 10.5 Å². The molecule has 5 heteroatoms. The predicted octanol–water partition coefficient (Wildman–Crippen LogP) is 4.45. The number of methoxy groups -OCH3 is 1. The highest BCUT2D eigenvalue weighted by Gasteiger charge is 2.19. The lowest BCUT2D eigenvalue weighted by Crippen LogP contribution is -2.31. The Morgan fingerprint density at radius 2 is 1.93 bits per heavy atom. The molecule has 1 rings (SSSR count). The van der Waals surface area contributed by atoms with Crippen molar-refractivity contribution >= 4 is 11.5 Å². The zero-order chi connectivity index (χ0) is 20.2. The van der Waals surface area contributed by atoms with Crippen molar-refractivity contribution in [1.82, 2.24) is 5.32 Å². The van der Waals surface area contributed by atoms with Gasteiger partial charge in [0.1, 0.15) is 6.67 Å². The second-order valence-electron chi connectivity index (χ2n) is 6.44. The summed E-state index contributed by atoms with van der Waals surface area (Å²) in [5.74, 6) is -0.0978. The molecule has 27 heavy (non-hydrogen) atoms. The molecule has 0 heterocycles. The SMILES string of the molecule is CCC/C=C/C(=C\C=C(/C)NC(C)=O)c1ccc(C(OC)C(N)CF)cc1. The molecule has 0 fully saturated rings. The third kappa shape index (κ3) is 7.89. The molecule has 0 aliphatic rings. The number of hydrogen-bond acceptors (Lipinski definition) is 3. The molecular formula is C22H31FN2O2. The Morgan fingerprint density at radius 3 is 2.44 bits per heavy atom. The summed E-state index contributed by atoms with van der Waals surface area (Å²) in [6.45, 7) is 4.81. The van der Waals surface area contributed by atoms with Gasteiger partial charge in [0, 0.05) is 19.7 Å². The lowest BCUT2D eigenvalue weighted by atomic mass is 9.98. The van der Waals surface area contributed by atoms with E-state index in [2.05, 4.69) is 24.4 Å². The number of hydrogen-bond donors (Lipinski definition) is 2. The summed E-state index contributed by atoms with van der Waals surface area (Å²) in [6, 6.07) is 7.06. The molecule has 1 aromatic rings. The fourth-order valence-corrected chi connectivity index (χ4v) is 2.66. The van der Waals surface area contributed by atoms with E-state index < -0.39 is 18.8 Å². The molecule has 1 amide bonds. The Balaban J connectivity index is 3.13. The van der Waals surface area contributed by atoms with Crippen molar-refractivity contribution < 1.29 is 13.9 Å². The van der Waals surface area contributed by atoms with Crippen LogP contribution in [0.15, 0.2) is 54.3 Å². The van der Waals surface area contributed by atoms with Crippen LogP contribution < -0.4 is 11.1 Å². The van der Waals surface area contributed by atoms with E-state index in [0.717, 1.165) is 35.2 Å². The summed E-state index contributed by atoms with van der Waals surface area (Å²) in [7, 11) is 1.53. The highest BCUT2D eigenvalue weighted by atomic mass is 19.1. The molecule has 1 aromatic carbocycles. The fourth-order valence-electron chi connectivity index (χ4n) is 2.66. The van der Waals surface area contributed by atoms with Gasteiger partial charge in [0.2, 0.25) is 5.91 Å². The van der Waals surface area contributed by atoms with Crippen molar-refractivity contribution in [1.29, 1.82) is 0 Å². The van der Waals surface area contributed by atoms with Gasteiger partial charge in [-0.25, -0.2) is 4.39 Å². The number of carbonyl (C=O) groups excluding carboxylic acids is 1. The lowest BCUT2D eigenvalue weighted by Gasteiger charge is -2.20. The van der Waals surface area contributed by atoms with Crippen molar-refractivity contribution in [2.45, 2.75) is 45.8 Å². The number of nitrogens with one attached hydrogen (secondary N) is 1. The number of alkyl halides is 1. The first kappa shape index (κ1) is 22.8. The molecule has 148 valence electrons. The van der Waals surface area contributed by atoms with Crippen LogP contribution in [0, 0.1) is 0 Å². The molecular weight excluding hydrogens is 343 g/mol.